The monoisotopic (exact) mass is 315 g/mol. The van der Waals surface area contributed by atoms with Gasteiger partial charge in [-0.25, -0.2) is 4.98 Å². The Morgan fingerprint density at radius 1 is 1.53 bits per heavy atom. The van der Waals surface area contributed by atoms with Gasteiger partial charge in [0.2, 0.25) is 0 Å². The lowest BCUT2D eigenvalue weighted by molar-refractivity contribution is 0.683. The minimum Gasteiger partial charge on any atom is -0.369 e. The van der Waals surface area contributed by atoms with Gasteiger partial charge in [-0.15, -0.1) is 0 Å². The van der Waals surface area contributed by atoms with Crippen molar-refractivity contribution in [3.63, 3.8) is 0 Å². The van der Waals surface area contributed by atoms with Gasteiger partial charge in [-0.05, 0) is 41.4 Å². The topological polar surface area (TPSA) is 37.0 Å². The third kappa shape index (κ3) is 3.98. The Bertz CT molecular complexity index is 420. The lowest BCUT2D eigenvalue weighted by Crippen LogP contribution is -2.21. The van der Waals surface area contributed by atoms with Crippen LogP contribution in [0.5, 0.6) is 0 Å². The van der Waals surface area contributed by atoms with Gasteiger partial charge in [0.25, 0.3) is 0 Å². The zero-order valence-electron chi connectivity index (χ0n) is 9.47. The normalized spacial score (nSPS) is 15.5. The van der Waals surface area contributed by atoms with Crippen LogP contribution < -0.4 is 10.6 Å². The van der Waals surface area contributed by atoms with E-state index < -0.39 is 0 Å². The summed E-state index contributed by atoms with van der Waals surface area (Å²) in [5, 5.41) is 7.26. The van der Waals surface area contributed by atoms with E-state index in [4.69, 9.17) is 11.6 Å². The second kappa shape index (κ2) is 6.38. The molecule has 0 aromatic carbocycles. The van der Waals surface area contributed by atoms with Crippen LogP contribution >= 0.6 is 27.5 Å². The molecule has 0 saturated carbocycles. The molecule has 1 aromatic rings. The highest BCUT2D eigenvalue weighted by Gasteiger charge is 2.04. The first kappa shape index (κ1) is 12.9. The minimum absolute atomic E-state index is 0.642. The van der Waals surface area contributed by atoms with Crippen LogP contribution in [0, 0.1) is 0 Å². The lowest BCUT2D eigenvalue weighted by Gasteiger charge is -2.14. The van der Waals surface area contributed by atoms with Crippen LogP contribution in [0.25, 0.3) is 0 Å². The molecule has 1 aromatic heterocycles. The van der Waals surface area contributed by atoms with E-state index in [1.165, 1.54) is 5.57 Å². The summed E-state index contributed by atoms with van der Waals surface area (Å²) in [6.45, 7) is 2.99. The first-order valence-electron chi connectivity index (χ1n) is 5.69. The third-order valence-electron chi connectivity index (χ3n) is 2.70. The highest BCUT2D eigenvalue weighted by Crippen LogP contribution is 2.23. The van der Waals surface area contributed by atoms with Crippen molar-refractivity contribution in [2.24, 2.45) is 0 Å². The number of hydrogen-bond acceptors (Lipinski definition) is 3. The first-order chi connectivity index (χ1) is 8.25. The molecule has 1 aliphatic heterocycles. The Morgan fingerprint density at radius 3 is 3.12 bits per heavy atom. The average Bonchev–Trinajstić information content (AvgIpc) is 2.33. The molecule has 1 aliphatic rings. The van der Waals surface area contributed by atoms with Gasteiger partial charge in [-0.3, -0.25) is 0 Å². The smallest absolute Gasteiger partial charge is 0.140 e. The number of halogens is 2. The highest BCUT2D eigenvalue weighted by atomic mass is 79.9. The van der Waals surface area contributed by atoms with Crippen molar-refractivity contribution in [1.82, 2.24) is 10.3 Å². The lowest BCUT2D eigenvalue weighted by atomic mass is 10.1. The summed E-state index contributed by atoms with van der Waals surface area (Å²) in [5.41, 5.74) is 1.52. The molecule has 17 heavy (non-hydrogen) atoms. The quantitative estimate of drug-likeness (QED) is 0.838. The number of nitrogens with zero attached hydrogens (tertiary/aromatic N) is 1. The van der Waals surface area contributed by atoms with Crippen LogP contribution in [0.15, 0.2) is 28.4 Å². The number of aromatic nitrogens is 1. The number of rotatable bonds is 4. The van der Waals surface area contributed by atoms with E-state index in [-0.39, 0.29) is 0 Å². The molecule has 0 fully saturated rings. The molecule has 92 valence electrons. The van der Waals surface area contributed by atoms with Crippen LogP contribution in [-0.2, 0) is 0 Å². The molecule has 0 radical (unpaired) electrons. The Morgan fingerprint density at radius 2 is 2.41 bits per heavy atom. The molecule has 5 heteroatoms. The zero-order valence-corrected chi connectivity index (χ0v) is 11.8. The van der Waals surface area contributed by atoms with Crippen molar-refractivity contribution < 1.29 is 0 Å². The maximum absolute atomic E-state index is 5.84. The van der Waals surface area contributed by atoms with Gasteiger partial charge in [-0.2, -0.15) is 0 Å². The first-order valence-corrected chi connectivity index (χ1v) is 6.86. The van der Waals surface area contributed by atoms with Crippen molar-refractivity contribution in [1.29, 1.82) is 0 Å². The fourth-order valence-electron chi connectivity index (χ4n) is 1.78. The molecule has 2 rings (SSSR count). The maximum Gasteiger partial charge on any atom is 0.140 e. The van der Waals surface area contributed by atoms with E-state index in [0.717, 1.165) is 42.8 Å². The molecule has 2 heterocycles. The number of pyridine rings is 1. The molecule has 0 aliphatic carbocycles. The predicted octanol–water partition coefficient (Wildman–Crippen LogP) is 3.22. The van der Waals surface area contributed by atoms with E-state index in [1.807, 2.05) is 6.07 Å². The maximum atomic E-state index is 5.84. The van der Waals surface area contributed by atoms with Crippen molar-refractivity contribution in [2.75, 3.05) is 25.0 Å². The molecule has 0 spiro atoms. The number of nitrogens with one attached hydrogen (secondary N) is 2. The molecule has 0 bridgehead atoms. The number of anilines is 1. The van der Waals surface area contributed by atoms with Crippen LogP contribution in [0.4, 0.5) is 5.82 Å². The molecular formula is C12H15BrClN3. The Kier molecular flexibility index (Phi) is 4.83. The van der Waals surface area contributed by atoms with Crippen molar-refractivity contribution >= 4 is 33.3 Å². The Hall–Kier alpha value is -0.580. The standard InChI is InChI=1S/C12H15BrClN3/c13-11-7-10(14)8-17-12(11)16-6-3-9-1-4-15-5-2-9/h1,7-8,15H,2-6H2,(H,16,17). The van der Waals surface area contributed by atoms with E-state index in [0.29, 0.717) is 5.02 Å². The molecule has 0 unspecified atom stereocenters. The summed E-state index contributed by atoms with van der Waals surface area (Å²) in [6, 6.07) is 1.85. The average molecular weight is 317 g/mol. The van der Waals surface area contributed by atoms with E-state index in [9.17, 15) is 0 Å². The summed E-state index contributed by atoms with van der Waals surface area (Å²) in [6.07, 6.45) is 6.14. The minimum atomic E-state index is 0.642. The van der Waals surface area contributed by atoms with Crippen LogP contribution in [-0.4, -0.2) is 24.6 Å². The second-order valence-electron chi connectivity index (χ2n) is 3.98. The summed E-state index contributed by atoms with van der Waals surface area (Å²) < 4.78 is 0.907. The molecule has 0 amide bonds. The van der Waals surface area contributed by atoms with E-state index in [1.54, 1.807) is 6.20 Å². The van der Waals surface area contributed by atoms with Crippen LogP contribution in [0.1, 0.15) is 12.8 Å². The van der Waals surface area contributed by atoms with Gasteiger partial charge in [0, 0.05) is 19.3 Å². The van der Waals surface area contributed by atoms with Gasteiger partial charge in [0.1, 0.15) is 5.82 Å². The van der Waals surface area contributed by atoms with Crippen molar-refractivity contribution in [3.05, 3.63) is 33.4 Å². The van der Waals surface area contributed by atoms with Gasteiger partial charge >= 0.3 is 0 Å². The van der Waals surface area contributed by atoms with E-state index >= 15 is 0 Å². The third-order valence-corrected chi connectivity index (χ3v) is 3.52. The van der Waals surface area contributed by atoms with Gasteiger partial charge in [-0.1, -0.05) is 23.3 Å². The highest BCUT2D eigenvalue weighted by molar-refractivity contribution is 9.10. The molecule has 0 atom stereocenters. The van der Waals surface area contributed by atoms with Crippen molar-refractivity contribution in [2.45, 2.75) is 12.8 Å². The predicted molar refractivity (Wildman–Crippen MR) is 75.6 cm³/mol. The second-order valence-corrected chi connectivity index (χ2v) is 5.27. The molecule has 2 N–H and O–H groups in total. The fourth-order valence-corrected chi connectivity index (χ4v) is 2.56. The number of hydrogen-bond donors (Lipinski definition) is 2. The van der Waals surface area contributed by atoms with E-state index in [2.05, 4.69) is 37.6 Å². The zero-order chi connectivity index (χ0) is 12.1. The van der Waals surface area contributed by atoms with Gasteiger partial charge in [0.15, 0.2) is 0 Å². The SMILES string of the molecule is Clc1cnc(NCCC2=CCNCC2)c(Br)c1. The van der Waals surface area contributed by atoms with Crippen LogP contribution in [0.2, 0.25) is 5.02 Å². The summed E-state index contributed by atoms with van der Waals surface area (Å²) in [4.78, 5) is 4.24. The summed E-state index contributed by atoms with van der Waals surface area (Å²) in [7, 11) is 0. The van der Waals surface area contributed by atoms with Gasteiger partial charge in [0.05, 0.1) is 9.50 Å². The van der Waals surface area contributed by atoms with Crippen LogP contribution in [0.3, 0.4) is 0 Å². The molecule has 3 nitrogen and oxygen atoms in total. The molecule has 0 saturated heterocycles. The largest absolute Gasteiger partial charge is 0.369 e. The summed E-state index contributed by atoms with van der Waals surface area (Å²) in [5.74, 6) is 0.851. The molecular weight excluding hydrogens is 302 g/mol. The van der Waals surface area contributed by atoms with Crippen molar-refractivity contribution in [3.8, 4) is 0 Å². The Labute approximate surface area is 115 Å². The summed E-state index contributed by atoms with van der Waals surface area (Å²) >= 11 is 9.28. The van der Waals surface area contributed by atoms with Gasteiger partial charge < -0.3 is 10.6 Å². The Balaban J connectivity index is 1.83. The fraction of sp³-hybridized carbons (Fsp3) is 0.417.